The molecule has 0 saturated carbocycles. The highest BCUT2D eigenvalue weighted by atomic mass is 35.5. The van der Waals surface area contributed by atoms with Gasteiger partial charge < -0.3 is 21.1 Å². The molecular formula is C13H20ClN3O3. The van der Waals surface area contributed by atoms with Gasteiger partial charge in [-0.15, -0.1) is 12.4 Å². The summed E-state index contributed by atoms with van der Waals surface area (Å²) < 4.78 is 5.45. The normalized spacial score (nSPS) is 9.30. The average molecular weight is 302 g/mol. The first kappa shape index (κ1) is 18.2. The standard InChI is InChI=1S/C13H19N3O3.ClH/c1-2-19-11-6-4-3-5-10(11)8-15-13(18)9-16-12(17)7-14;/h3-6H,2,7-9,14H2,1H3,(H,15,18)(H,16,17);1H. The van der Waals surface area contributed by atoms with Gasteiger partial charge in [0.15, 0.2) is 0 Å². The molecule has 0 aliphatic heterocycles. The van der Waals surface area contributed by atoms with Crippen molar-refractivity contribution in [1.82, 2.24) is 10.6 Å². The number of hydrogen-bond donors (Lipinski definition) is 3. The molecule has 0 unspecified atom stereocenters. The Morgan fingerprint density at radius 1 is 1.20 bits per heavy atom. The fraction of sp³-hybridized carbons (Fsp3) is 0.385. The molecule has 0 radical (unpaired) electrons. The monoisotopic (exact) mass is 301 g/mol. The topological polar surface area (TPSA) is 93.5 Å². The van der Waals surface area contributed by atoms with Crippen molar-refractivity contribution < 1.29 is 14.3 Å². The van der Waals surface area contributed by atoms with E-state index in [-0.39, 0.29) is 37.3 Å². The highest BCUT2D eigenvalue weighted by molar-refractivity contribution is 5.85. The van der Waals surface area contributed by atoms with Crippen molar-refractivity contribution >= 4 is 24.2 Å². The van der Waals surface area contributed by atoms with E-state index >= 15 is 0 Å². The number of halogens is 1. The summed E-state index contributed by atoms with van der Waals surface area (Å²) in [6.07, 6.45) is 0. The van der Waals surface area contributed by atoms with E-state index < -0.39 is 0 Å². The second-order valence-electron chi connectivity index (χ2n) is 3.80. The molecule has 0 atom stereocenters. The first-order valence-electron chi connectivity index (χ1n) is 6.11. The molecule has 0 saturated heterocycles. The van der Waals surface area contributed by atoms with Crippen LogP contribution in [0.2, 0.25) is 0 Å². The summed E-state index contributed by atoms with van der Waals surface area (Å²) in [4.78, 5) is 22.4. The van der Waals surface area contributed by atoms with Crippen LogP contribution in [0.15, 0.2) is 24.3 Å². The Balaban J connectivity index is 0.00000361. The van der Waals surface area contributed by atoms with Gasteiger partial charge in [0.2, 0.25) is 11.8 Å². The van der Waals surface area contributed by atoms with Crippen LogP contribution in [-0.2, 0) is 16.1 Å². The maximum absolute atomic E-state index is 11.5. The van der Waals surface area contributed by atoms with Crippen LogP contribution in [0.5, 0.6) is 5.75 Å². The van der Waals surface area contributed by atoms with Crippen molar-refractivity contribution in [3.63, 3.8) is 0 Å². The number of carbonyl (C=O) groups is 2. The third-order valence-corrected chi connectivity index (χ3v) is 2.38. The Labute approximate surface area is 124 Å². The molecule has 6 nitrogen and oxygen atoms in total. The van der Waals surface area contributed by atoms with Crippen molar-refractivity contribution in [2.45, 2.75) is 13.5 Å². The van der Waals surface area contributed by atoms with E-state index in [0.717, 1.165) is 11.3 Å². The number of para-hydroxylation sites is 1. The molecule has 0 heterocycles. The van der Waals surface area contributed by atoms with E-state index in [1.54, 1.807) is 0 Å². The molecule has 1 aromatic carbocycles. The van der Waals surface area contributed by atoms with E-state index in [1.807, 2.05) is 31.2 Å². The van der Waals surface area contributed by atoms with Crippen LogP contribution >= 0.6 is 12.4 Å². The summed E-state index contributed by atoms with van der Waals surface area (Å²) in [6.45, 7) is 2.62. The van der Waals surface area contributed by atoms with Crippen LogP contribution in [0.25, 0.3) is 0 Å². The van der Waals surface area contributed by atoms with E-state index in [4.69, 9.17) is 10.5 Å². The van der Waals surface area contributed by atoms with Crippen LogP contribution in [-0.4, -0.2) is 31.5 Å². The van der Waals surface area contributed by atoms with E-state index in [2.05, 4.69) is 10.6 Å². The van der Waals surface area contributed by atoms with Gasteiger partial charge in [0.1, 0.15) is 5.75 Å². The van der Waals surface area contributed by atoms with Gasteiger partial charge in [-0.1, -0.05) is 18.2 Å². The highest BCUT2D eigenvalue weighted by Crippen LogP contribution is 2.17. The second-order valence-corrected chi connectivity index (χ2v) is 3.80. The van der Waals surface area contributed by atoms with Crippen molar-refractivity contribution in [1.29, 1.82) is 0 Å². The van der Waals surface area contributed by atoms with Gasteiger partial charge in [-0.25, -0.2) is 0 Å². The van der Waals surface area contributed by atoms with Crippen LogP contribution in [0.1, 0.15) is 12.5 Å². The molecule has 0 bridgehead atoms. The van der Waals surface area contributed by atoms with Gasteiger partial charge in [-0.3, -0.25) is 9.59 Å². The molecule has 0 fully saturated rings. The molecule has 2 amide bonds. The van der Waals surface area contributed by atoms with Gasteiger partial charge in [0, 0.05) is 12.1 Å². The first-order chi connectivity index (χ1) is 9.17. The van der Waals surface area contributed by atoms with Crippen LogP contribution in [0, 0.1) is 0 Å². The lowest BCUT2D eigenvalue weighted by Gasteiger charge is -2.11. The quantitative estimate of drug-likeness (QED) is 0.670. The smallest absolute Gasteiger partial charge is 0.239 e. The molecule has 7 heteroatoms. The first-order valence-corrected chi connectivity index (χ1v) is 6.11. The Bertz CT molecular complexity index is 441. The van der Waals surface area contributed by atoms with Crippen molar-refractivity contribution in [3.05, 3.63) is 29.8 Å². The molecule has 4 N–H and O–H groups in total. The fourth-order valence-electron chi connectivity index (χ4n) is 1.45. The number of nitrogens with two attached hydrogens (primary N) is 1. The maximum Gasteiger partial charge on any atom is 0.239 e. The maximum atomic E-state index is 11.5. The number of nitrogens with one attached hydrogen (secondary N) is 2. The van der Waals surface area contributed by atoms with Gasteiger partial charge >= 0.3 is 0 Å². The molecule has 0 aliphatic rings. The summed E-state index contributed by atoms with van der Waals surface area (Å²) >= 11 is 0. The SMILES string of the molecule is CCOc1ccccc1CNC(=O)CNC(=O)CN.Cl. The van der Waals surface area contributed by atoms with Crippen LogP contribution < -0.4 is 21.1 Å². The third kappa shape index (κ3) is 6.40. The number of ether oxygens (including phenoxy) is 1. The number of benzene rings is 1. The summed E-state index contributed by atoms with van der Waals surface area (Å²) in [5.74, 6) is 0.120. The zero-order valence-electron chi connectivity index (χ0n) is 11.3. The molecular weight excluding hydrogens is 282 g/mol. The molecule has 1 aromatic rings. The minimum absolute atomic E-state index is 0. The third-order valence-electron chi connectivity index (χ3n) is 2.38. The average Bonchev–Trinajstić information content (AvgIpc) is 2.44. The lowest BCUT2D eigenvalue weighted by Crippen LogP contribution is -2.39. The Morgan fingerprint density at radius 2 is 1.90 bits per heavy atom. The van der Waals surface area contributed by atoms with Gasteiger partial charge in [0.25, 0.3) is 0 Å². The predicted molar refractivity (Wildman–Crippen MR) is 78.8 cm³/mol. The van der Waals surface area contributed by atoms with Gasteiger partial charge in [-0.05, 0) is 13.0 Å². The van der Waals surface area contributed by atoms with Gasteiger partial charge in [-0.2, -0.15) is 0 Å². The molecule has 1 rings (SSSR count). The van der Waals surface area contributed by atoms with Crippen molar-refractivity contribution in [2.24, 2.45) is 5.73 Å². The lowest BCUT2D eigenvalue weighted by atomic mass is 10.2. The number of carbonyl (C=O) groups excluding carboxylic acids is 2. The van der Waals surface area contributed by atoms with Gasteiger partial charge in [0.05, 0.1) is 19.7 Å². The van der Waals surface area contributed by atoms with Crippen LogP contribution in [0.4, 0.5) is 0 Å². The zero-order valence-corrected chi connectivity index (χ0v) is 12.2. The van der Waals surface area contributed by atoms with Crippen molar-refractivity contribution in [2.75, 3.05) is 19.7 Å². The number of rotatable bonds is 7. The zero-order chi connectivity index (χ0) is 14.1. The molecule has 112 valence electrons. The minimum Gasteiger partial charge on any atom is -0.494 e. The Hall–Kier alpha value is -1.79. The molecule has 20 heavy (non-hydrogen) atoms. The summed E-state index contributed by atoms with van der Waals surface area (Å²) in [5, 5.41) is 5.10. The lowest BCUT2D eigenvalue weighted by molar-refractivity contribution is -0.125. The summed E-state index contributed by atoms with van der Waals surface area (Å²) in [5.41, 5.74) is 6.01. The predicted octanol–water partition coefficient (Wildman–Crippen LogP) is 0.198. The van der Waals surface area contributed by atoms with E-state index in [9.17, 15) is 9.59 Å². The Morgan fingerprint density at radius 3 is 2.55 bits per heavy atom. The Kier molecular flexibility index (Phi) is 9.15. The van der Waals surface area contributed by atoms with E-state index in [1.165, 1.54) is 0 Å². The number of amides is 2. The molecule has 0 spiro atoms. The fourth-order valence-corrected chi connectivity index (χ4v) is 1.45. The second kappa shape index (κ2) is 10.1. The minimum atomic E-state index is -0.357. The summed E-state index contributed by atoms with van der Waals surface area (Å²) in [7, 11) is 0. The molecule has 0 aromatic heterocycles. The molecule has 0 aliphatic carbocycles. The van der Waals surface area contributed by atoms with Crippen LogP contribution in [0.3, 0.4) is 0 Å². The summed E-state index contributed by atoms with van der Waals surface area (Å²) in [6, 6.07) is 7.48. The largest absolute Gasteiger partial charge is 0.494 e. The van der Waals surface area contributed by atoms with E-state index in [0.29, 0.717) is 13.2 Å². The van der Waals surface area contributed by atoms with Crippen molar-refractivity contribution in [3.8, 4) is 5.75 Å². The highest BCUT2D eigenvalue weighted by Gasteiger charge is 2.06. The number of hydrogen-bond acceptors (Lipinski definition) is 4.